The average Bonchev–Trinajstić information content (AvgIpc) is 3.40. The fraction of sp³-hybridized carbons (Fsp3) is 0.464. The number of anilines is 1. The second-order valence-electron chi connectivity index (χ2n) is 10.8. The Hall–Kier alpha value is -3.03. The van der Waals surface area contributed by atoms with Crippen molar-refractivity contribution < 1.29 is 9.59 Å². The summed E-state index contributed by atoms with van der Waals surface area (Å²) in [6.07, 6.45) is 8.16. The normalized spacial score (nSPS) is 21.0. The Morgan fingerprint density at radius 3 is 2.57 bits per heavy atom. The molecule has 0 atom stereocenters. The molecule has 0 saturated carbocycles. The molecule has 1 aliphatic carbocycles. The molecule has 3 aliphatic rings. The summed E-state index contributed by atoms with van der Waals surface area (Å²) in [5, 5.41) is 4.08. The summed E-state index contributed by atoms with van der Waals surface area (Å²) in [6.45, 7) is 3.95. The van der Waals surface area contributed by atoms with Gasteiger partial charge in [-0.1, -0.05) is 12.1 Å². The van der Waals surface area contributed by atoms with Crippen molar-refractivity contribution in [1.82, 2.24) is 19.8 Å². The summed E-state index contributed by atoms with van der Waals surface area (Å²) >= 11 is 0. The number of fused-ring (bicyclic) bond motifs is 3. The molecule has 7 nitrogen and oxygen atoms in total. The molecule has 1 amide bonds. The Kier molecular flexibility index (Phi) is 5.49. The molecule has 1 spiro atoms. The largest absolute Gasteiger partial charge is 0.346 e. The predicted molar refractivity (Wildman–Crippen MR) is 138 cm³/mol. The van der Waals surface area contributed by atoms with E-state index in [0.717, 1.165) is 85.3 Å². The highest BCUT2D eigenvalue weighted by Crippen LogP contribution is 2.47. The summed E-state index contributed by atoms with van der Waals surface area (Å²) in [4.78, 5) is 38.2. The smallest absolute Gasteiger partial charge is 0.227 e. The van der Waals surface area contributed by atoms with Crippen molar-refractivity contribution in [2.75, 3.05) is 45.6 Å². The maximum absolute atomic E-state index is 12.9. The predicted octanol–water partition coefficient (Wildman–Crippen LogP) is 4.06. The van der Waals surface area contributed by atoms with Gasteiger partial charge in [0.1, 0.15) is 5.65 Å². The van der Waals surface area contributed by atoms with Crippen molar-refractivity contribution in [3.8, 4) is 11.1 Å². The summed E-state index contributed by atoms with van der Waals surface area (Å²) in [5.41, 5.74) is 5.72. The van der Waals surface area contributed by atoms with Gasteiger partial charge in [-0.15, -0.1) is 0 Å². The van der Waals surface area contributed by atoms with Crippen LogP contribution >= 0.6 is 0 Å². The van der Waals surface area contributed by atoms with Gasteiger partial charge in [0.2, 0.25) is 5.91 Å². The van der Waals surface area contributed by atoms with E-state index in [-0.39, 0.29) is 23.0 Å². The van der Waals surface area contributed by atoms with Gasteiger partial charge in [-0.3, -0.25) is 9.59 Å². The number of carbonyl (C=O) groups excluding carboxylic acids is 2. The zero-order valence-corrected chi connectivity index (χ0v) is 20.6. The van der Waals surface area contributed by atoms with Gasteiger partial charge in [-0.2, -0.15) is 0 Å². The monoisotopic (exact) mass is 471 g/mol. The van der Waals surface area contributed by atoms with E-state index < -0.39 is 0 Å². The summed E-state index contributed by atoms with van der Waals surface area (Å²) < 4.78 is 0. The van der Waals surface area contributed by atoms with E-state index in [0.29, 0.717) is 6.42 Å². The summed E-state index contributed by atoms with van der Waals surface area (Å²) in [6, 6.07) is 8.32. The Bertz CT molecular complexity index is 1300. The van der Waals surface area contributed by atoms with Crippen LogP contribution in [0.25, 0.3) is 22.2 Å². The second-order valence-corrected chi connectivity index (χ2v) is 10.8. The highest BCUT2D eigenvalue weighted by molar-refractivity contribution is 6.04. The number of nitrogens with one attached hydrogen (secondary N) is 2. The molecule has 182 valence electrons. The van der Waals surface area contributed by atoms with Crippen LogP contribution in [-0.4, -0.2) is 71.7 Å². The summed E-state index contributed by atoms with van der Waals surface area (Å²) in [5.74, 6) is 0.403. The number of aromatic nitrogens is 2. The number of amides is 1. The molecule has 2 aromatic heterocycles. The number of rotatable bonds is 3. The Labute approximate surface area is 205 Å². The SMILES string of the molecule is CN1CCC(C(=O)Nc2cnc3[nH]cc(-c4ccc5c(c4)C4(CCN(C)CC4)CC5=O)c3c2)CC1. The van der Waals surface area contributed by atoms with Crippen molar-refractivity contribution in [1.29, 1.82) is 0 Å². The van der Waals surface area contributed by atoms with E-state index in [1.54, 1.807) is 6.20 Å². The minimum atomic E-state index is -0.0352. The van der Waals surface area contributed by atoms with Gasteiger partial charge < -0.3 is 20.1 Å². The maximum Gasteiger partial charge on any atom is 0.227 e. The van der Waals surface area contributed by atoms with Crippen molar-refractivity contribution in [2.24, 2.45) is 5.92 Å². The van der Waals surface area contributed by atoms with Gasteiger partial charge in [-0.25, -0.2) is 4.98 Å². The molecule has 2 saturated heterocycles. The molecular formula is C28H33N5O2. The molecular weight excluding hydrogens is 438 g/mol. The molecule has 6 rings (SSSR count). The molecule has 3 aromatic rings. The molecule has 2 N–H and O–H groups in total. The van der Waals surface area contributed by atoms with Crippen LogP contribution in [0.5, 0.6) is 0 Å². The van der Waals surface area contributed by atoms with Crippen LogP contribution in [0, 0.1) is 5.92 Å². The summed E-state index contributed by atoms with van der Waals surface area (Å²) in [7, 11) is 4.26. The second kappa shape index (κ2) is 8.57. The number of nitrogens with zero attached hydrogens (tertiary/aromatic N) is 3. The number of aromatic amines is 1. The van der Waals surface area contributed by atoms with Crippen molar-refractivity contribution in [3.05, 3.63) is 47.8 Å². The number of H-pyrrole nitrogens is 1. The first-order chi connectivity index (χ1) is 16.9. The number of pyridine rings is 1. The van der Waals surface area contributed by atoms with Crippen LogP contribution in [-0.2, 0) is 10.2 Å². The lowest BCUT2D eigenvalue weighted by Gasteiger charge is -2.38. The van der Waals surface area contributed by atoms with E-state index in [1.165, 1.54) is 5.56 Å². The number of benzene rings is 1. The van der Waals surface area contributed by atoms with E-state index in [2.05, 4.69) is 51.3 Å². The molecule has 35 heavy (non-hydrogen) atoms. The Morgan fingerprint density at radius 1 is 1.06 bits per heavy atom. The van der Waals surface area contributed by atoms with Gasteiger partial charge in [-0.05, 0) is 89.2 Å². The number of carbonyl (C=O) groups is 2. The molecule has 2 aliphatic heterocycles. The number of ketones is 1. The van der Waals surface area contributed by atoms with Crippen LogP contribution in [0.3, 0.4) is 0 Å². The minimum Gasteiger partial charge on any atom is -0.346 e. The van der Waals surface area contributed by atoms with E-state index in [4.69, 9.17) is 0 Å². The lowest BCUT2D eigenvalue weighted by molar-refractivity contribution is -0.121. The highest BCUT2D eigenvalue weighted by Gasteiger charge is 2.44. The molecule has 1 aromatic carbocycles. The molecule has 0 bridgehead atoms. The standard InChI is InChI=1S/C28H33N5O2/c1-32-9-5-18(6-10-32)27(35)31-20-14-22-23(17-30-26(22)29-16-20)19-3-4-21-24(13-19)28(15-25(21)34)7-11-33(2)12-8-28/h3-4,13-14,16-18H,5-12,15H2,1-2H3,(H,29,30)(H,31,35). The van der Waals surface area contributed by atoms with Gasteiger partial charge in [0, 0.05) is 40.5 Å². The Morgan fingerprint density at radius 2 is 1.80 bits per heavy atom. The third-order valence-electron chi connectivity index (χ3n) is 8.53. The molecule has 2 fully saturated rings. The van der Waals surface area contributed by atoms with Crippen LogP contribution in [0.1, 0.15) is 48.0 Å². The number of piperidine rings is 2. The first kappa shape index (κ1) is 22.4. The molecule has 7 heteroatoms. The van der Waals surface area contributed by atoms with Crippen LogP contribution in [0.4, 0.5) is 5.69 Å². The minimum absolute atomic E-state index is 0.0352. The maximum atomic E-state index is 12.9. The number of hydrogen-bond acceptors (Lipinski definition) is 5. The number of likely N-dealkylation sites (tertiary alicyclic amines) is 2. The van der Waals surface area contributed by atoms with Crippen LogP contribution in [0.15, 0.2) is 36.7 Å². The van der Waals surface area contributed by atoms with Crippen LogP contribution in [0.2, 0.25) is 0 Å². The van der Waals surface area contributed by atoms with Crippen LogP contribution < -0.4 is 5.32 Å². The van der Waals surface area contributed by atoms with E-state index in [9.17, 15) is 9.59 Å². The van der Waals surface area contributed by atoms with Gasteiger partial charge >= 0.3 is 0 Å². The average molecular weight is 472 g/mol. The van der Waals surface area contributed by atoms with Gasteiger partial charge in [0.15, 0.2) is 5.78 Å². The number of hydrogen-bond donors (Lipinski definition) is 2. The fourth-order valence-electron chi connectivity index (χ4n) is 6.21. The van der Waals surface area contributed by atoms with Crippen molar-refractivity contribution in [3.63, 3.8) is 0 Å². The van der Waals surface area contributed by atoms with Gasteiger partial charge in [0.05, 0.1) is 11.9 Å². The fourth-order valence-corrected chi connectivity index (χ4v) is 6.21. The topological polar surface area (TPSA) is 81.3 Å². The van der Waals surface area contributed by atoms with Gasteiger partial charge in [0.25, 0.3) is 0 Å². The van der Waals surface area contributed by atoms with Crippen molar-refractivity contribution in [2.45, 2.75) is 37.5 Å². The third kappa shape index (κ3) is 3.96. The molecule has 4 heterocycles. The highest BCUT2D eigenvalue weighted by atomic mass is 16.2. The first-order valence-corrected chi connectivity index (χ1v) is 12.8. The van der Waals surface area contributed by atoms with Crippen molar-refractivity contribution >= 4 is 28.4 Å². The van der Waals surface area contributed by atoms with E-state index >= 15 is 0 Å². The molecule has 0 unspecified atom stereocenters. The lowest BCUT2D eigenvalue weighted by Crippen LogP contribution is -2.39. The molecule has 0 radical (unpaired) electrons. The van der Waals surface area contributed by atoms with E-state index in [1.807, 2.05) is 18.3 Å². The first-order valence-electron chi connectivity index (χ1n) is 12.8. The zero-order valence-electron chi connectivity index (χ0n) is 20.6. The zero-order chi connectivity index (χ0) is 24.2. The third-order valence-corrected chi connectivity index (χ3v) is 8.53. The Balaban J connectivity index is 1.31. The lowest BCUT2D eigenvalue weighted by atomic mass is 9.73. The quantitative estimate of drug-likeness (QED) is 0.602. The number of Topliss-reactive ketones (excluding diaryl/α,β-unsaturated/α-hetero) is 1.